The van der Waals surface area contributed by atoms with Crippen molar-refractivity contribution in [2.45, 2.75) is 20.3 Å². The topological polar surface area (TPSA) is 89.0 Å². The maximum atomic E-state index is 12.2. The molecule has 4 aromatic rings. The highest BCUT2D eigenvalue weighted by molar-refractivity contribution is 5.99. The molecule has 0 fully saturated rings. The summed E-state index contributed by atoms with van der Waals surface area (Å²) in [6.45, 7) is 4.06. The maximum Gasteiger partial charge on any atom is 0.243 e. The number of nitrogens with one attached hydrogen (secondary N) is 2. The fraction of sp³-hybridized carbons (Fsp3) is 0.120. The van der Waals surface area contributed by atoms with Crippen molar-refractivity contribution in [2.75, 3.05) is 10.6 Å². The van der Waals surface area contributed by atoms with Gasteiger partial charge in [0.25, 0.3) is 0 Å². The first-order chi connectivity index (χ1) is 15.6. The molecule has 3 heterocycles. The lowest BCUT2D eigenvalue weighted by atomic mass is 10.1. The van der Waals surface area contributed by atoms with Gasteiger partial charge in [0.05, 0.1) is 17.8 Å². The number of rotatable bonds is 4. The molecule has 32 heavy (non-hydrogen) atoms. The average molecular weight is 423 g/mol. The van der Waals surface area contributed by atoms with E-state index in [0.717, 1.165) is 39.4 Å². The number of amides is 1. The summed E-state index contributed by atoms with van der Waals surface area (Å²) in [7, 11) is 0. The predicted octanol–water partition coefficient (Wildman–Crippen LogP) is 5.19. The summed E-state index contributed by atoms with van der Waals surface area (Å²) in [4.78, 5) is 25.8. The van der Waals surface area contributed by atoms with Gasteiger partial charge in [-0.2, -0.15) is 0 Å². The normalized spacial score (nSPS) is 12.2. The average Bonchev–Trinajstić information content (AvgIpc) is 2.93. The van der Waals surface area contributed by atoms with Crippen molar-refractivity contribution < 1.29 is 9.53 Å². The quantitative estimate of drug-likeness (QED) is 0.470. The van der Waals surface area contributed by atoms with E-state index in [1.807, 2.05) is 68.4 Å². The molecule has 0 saturated carbocycles. The third kappa shape index (κ3) is 3.76. The maximum absolute atomic E-state index is 12.2. The summed E-state index contributed by atoms with van der Waals surface area (Å²) in [5, 5.41) is 6.15. The summed E-state index contributed by atoms with van der Waals surface area (Å²) in [6, 6.07) is 17.2. The van der Waals surface area contributed by atoms with Crippen LogP contribution in [-0.4, -0.2) is 20.9 Å². The van der Waals surface area contributed by atoms with Gasteiger partial charge < -0.3 is 15.4 Å². The minimum atomic E-state index is -0.0861. The molecule has 1 aliphatic heterocycles. The van der Waals surface area contributed by atoms with E-state index in [4.69, 9.17) is 9.72 Å². The fourth-order valence-corrected chi connectivity index (χ4v) is 3.62. The van der Waals surface area contributed by atoms with Crippen LogP contribution >= 0.6 is 0 Å². The number of aryl methyl sites for hydroxylation is 1. The molecule has 1 aliphatic rings. The number of carbonyl (C=O) groups excluding carboxylic acids is 1. The van der Waals surface area contributed by atoms with E-state index in [0.29, 0.717) is 17.5 Å². The Morgan fingerprint density at radius 1 is 1.00 bits per heavy atom. The van der Waals surface area contributed by atoms with Gasteiger partial charge in [-0.25, -0.2) is 15.0 Å². The molecule has 7 heteroatoms. The zero-order valence-electron chi connectivity index (χ0n) is 17.7. The first kappa shape index (κ1) is 19.7. The second kappa shape index (κ2) is 8.11. The number of benzene rings is 2. The second-order valence-corrected chi connectivity index (χ2v) is 7.62. The van der Waals surface area contributed by atoms with E-state index in [-0.39, 0.29) is 12.3 Å². The van der Waals surface area contributed by atoms with E-state index in [1.165, 1.54) is 0 Å². The molecule has 0 spiro atoms. The van der Waals surface area contributed by atoms with Crippen LogP contribution in [0.25, 0.3) is 11.3 Å². The Hall–Kier alpha value is -4.26. The number of aromatic nitrogens is 3. The predicted molar refractivity (Wildman–Crippen MR) is 123 cm³/mol. The highest BCUT2D eigenvalue weighted by Crippen LogP contribution is 2.34. The van der Waals surface area contributed by atoms with Crippen LogP contribution < -0.4 is 15.4 Å². The molecular weight excluding hydrogens is 402 g/mol. The number of para-hydroxylation sites is 1. The molecule has 2 aromatic heterocycles. The van der Waals surface area contributed by atoms with E-state index in [1.54, 1.807) is 12.4 Å². The summed E-state index contributed by atoms with van der Waals surface area (Å²) in [5.74, 6) is 1.48. The summed E-state index contributed by atoms with van der Waals surface area (Å²) in [6.07, 6.45) is 3.59. The number of fused-ring (bicyclic) bond motifs is 3. The van der Waals surface area contributed by atoms with Crippen molar-refractivity contribution in [3.05, 3.63) is 83.7 Å². The van der Waals surface area contributed by atoms with Crippen LogP contribution in [0, 0.1) is 13.8 Å². The zero-order chi connectivity index (χ0) is 22.1. The minimum Gasteiger partial charge on any atom is -0.437 e. The molecular formula is C25H21N5O2. The number of ether oxygens (including phenoxy) is 1. The van der Waals surface area contributed by atoms with Gasteiger partial charge in [0.2, 0.25) is 17.7 Å². The van der Waals surface area contributed by atoms with Gasteiger partial charge in [-0.1, -0.05) is 30.3 Å². The number of hydrogen-bond acceptors (Lipinski definition) is 6. The van der Waals surface area contributed by atoms with Gasteiger partial charge in [-0.05, 0) is 49.2 Å². The molecule has 0 aliphatic carbocycles. The Morgan fingerprint density at radius 2 is 1.88 bits per heavy atom. The lowest BCUT2D eigenvalue weighted by Gasteiger charge is -2.14. The van der Waals surface area contributed by atoms with Crippen LogP contribution in [0.4, 0.5) is 17.3 Å². The van der Waals surface area contributed by atoms with Crippen molar-refractivity contribution >= 4 is 23.2 Å². The Kier molecular flexibility index (Phi) is 4.99. The van der Waals surface area contributed by atoms with Crippen LogP contribution in [0.3, 0.4) is 0 Å². The highest BCUT2D eigenvalue weighted by atomic mass is 16.5. The van der Waals surface area contributed by atoms with Crippen molar-refractivity contribution in [2.24, 2.45) is 0 Å². The monoisotopic (exact) mass is 423 g/mol. The summed E-state index contributed by atoms with van der Waals surface area (Å²) in [5.41, 5.74) is 5.93. The van der Waals surface area contributed by atoms with Crippen LogP contribution in [0.15, 0.2) is 67.0 Å². The van der Waals surface area contributed by atoms with E-state index in [9.17, 15) is 4.79 Å². The molecule has 0 atom stereocenters. The third-order valence-electron chi connectivity index (χ3n) is 5.45. The van der Waals surface area contributed by atoms with Crippen LogP contribution in [0.2, 0.25) is 0 Å². The molecule has 2 aromatic carbocycles. The van der Waals surface area contributed by atoms with Gasteiger partial charge in [-0.3, -0.25) is 4.79 Å². The number of hydrogen-bond donors (Lipinski definition) is 2. The van der Waals surface area contributed by atoms with E-state index < -0.39 is 0 Å². The molecule has 0 saturated heterocycles. The number of carbonyl (C=O) groups is 1. The second-order valence-electron chi connectivity index (χ2n) is 7.62. The van der Waals surface area contributed by atoms with Gasteiger partial charge in [0.1, 0.15) is 11.4 Å². The Bertz CT molecular complexity index is 1340. The Labute approximate surface area is 185 Å². The van der Waals surface area contributed by atoms with E-state index >= 15 is 0 Å². The minimum absolute atomic E-state index is 0.0861. The molecule has 7 nitrogen and oxygen atoms in total. The Balaban J connectivity index is 1.50. The summed E-state index contributed by atoms with van der Waals surface area (Å²) >= 11 is 0. The van der Waals surface area contributed by atoms with Gasteiger partial charge in [-0.15, -0.1) is 0 Å². The molecule has 2 N–H and O–H groups in total. The van der Waals surface area contributed by atoms with Crippen LogP contribution in [0.5, 0.6) is 11.6 Å². The number of nitrogens with zero attached hydrogens (tertiary/aromatic N) is 3. The number of anilines is 3. The van der Waals surface area contributed by atoms with Crippen LogP contribution in [0.1, 0.15) is 16.7 Å². The molecule has 5 rings (SSSR count). The summed E-state index contributed by atoms with van der Waals surface area (Å²) < 4.78 is 6.11. The van der Waals surface area contributed by atoms with Gasteiger partial charge in [0.15, 0.2) is 0 Å². The third-order valence-corrected chi connectivity index (χ3v) is 5.45. The molecule has 0 unspecified atom stereocenters. The highest BCUT2D eigenvalue weighted by Gasteiger charge is 2.21. The molecule has 1 amide bonds. The Morgan fingerprint density at radius 3 is 2.78 bits per heavy atom. The fourth-order valence-electron chi connectivity index (χ4n) is 3.62. The largest absolute Gasteiger partial charge is 0.437 e. The van der Waals surface area contributed by atoms with Crippen molar-refractivity contribution in [1.29, 1.82) is 0 Å². The first-order valence-corrected chi connectivity index (χ1v) is 10.3. The molecule has 0 bridgehead atoms. The molecule has 0 radical (unpaired) electrons. The van der Waals surface area contributed by atoms with Crippen LogP contribution in [-0.2, 0) is 11.2 Å². The zero-order valence-corrected chi connectivity index (χ0v) is 17.7. The standard InChI is InChI=1S/C25H21N5O2/c1-15-7-5-11-21(16(15)2)32-24-20(10-6-12-26-24)29-25-27-14-17-13-22(31)28-19-9-4-3-8-18(19)23(17)30-25/h3-12,14H,13H2,1-2H3,(H,28,31)(H,27,29,30). The number of pyridine rings is 1. The smallest absolute Gasteiger partial charge is 0.243 e. The van der Waals surface area contributed by atoms with Crippen molar-refractivity contribution in [1.82, 2.24) is 15.0 Å². The van der Waals surface area contributed by atoms with Gasteiger partial charge in [0, 0.05) is 23.5 Å². The first-order valence-electron chi connectivity index (χ1n) is 10.3. The lowest BCUT2D eigenvalue weighted by Crippen LogP contribution is -2.12. The van der Waals surface area contributed by atoms with Crippen molar-refractivity contribution in [3.8, 4) is 22.9 Å². The lowest BCUT2D eigenvalue weighted by molar-refractivity contribution is -0.115. The van der Waals surface area contributed by atoms with E-state index in [2.05, 4.69) is 20.6 Å². The van der Waals surface area contributed by atoms with Crippen molar-refractivity contribution in [3.63, 3.8) is 0 Å². The molecule has 158 valence electrons. The van der Waals surface area contributed by atoms with Gasteiger partial charge >= 0.3 is 0 Å². The SMILES string of the molecule is Cc1cccc(Oc2ncccc2Nc2ncc3c(n2)-c2ccccc2NC(=O)C3)c1C.